The third-order valence-corrected chi connectivity index (χ3v) is 2.50. The first-order valence-electron chi connectivity index (χ1n) is 4.53. The van der Waals surface area contributed by atoms with Crippen LogP contribution < -0.4 is 10.6 Å². The van der Waals surface area contributed by atoms with Crippen LogP contribution in [0.4, 0.5) is 0 Å². The summed E-state index contributed by atoms with van der Waals surface area (Å²) in [6, 6.07) is 0.408. The molecule has 0 spiro atoms. The first-order chi connectivity index (χ1) is 5.86. The van der Waals surface area contributed by atoms with E-state index in [0.29, 0.717) is 12.5 Å². The Labute approximate surface area is 72.2 Å². The molecular formula is C9H14N2O. The molecule has 1 aliphatic heterocycles. The number of nitrogens with one attached hydrogen (secondary N) is 2. The fourth-order valence-electron chi connectivity index (χ4n) is 1.81. The Bertz CT molecular complexity index is 217. The Balaban J connectivity index is 1.99. The number of hydrogen-bond acceptors (Lipinski definition) is 3. The summed E-state index contributed by atoms with van der Waals surface area (Å²) in [6.07, 6.45) is 3.48. The summed E-state index contributed by atoms with van der Waals surface area (Å²) in [4.78, 5) is 11.0. The highest BCUT2D eigenvalue weighted by Crippen LogP contribution is 2.18. The third-order valence-electron chi connectivity index (χ3n) is 2.50. The number of hydrogen-bond donors (Lipinski definition) is 2. The molecule has 1 atom stereocenters. The van der Waals surface area contributed by atoms with Gasteiger partial charge in [0.25, 0.3) is 0 Å². The number of rotatable bonds is 1. The molecule has 3 heteroatoms. The lowest BCUT2D eigenvalue weighted by atomic mass is 10.1. The number of allylic oxidation sites excluding steroid dienone is 1. The summed E-state index contributed by atoms with van der Waals surface area (Å²) in [7, 11) is 0. The molecule has 2 N–H and O–H groups in total. The second-order valence-corrected chi connectivity index (χ2v) is 3.40. The lowest BCUT2D eigenvalue weighted by molar-refractivity contribution is -0.114. The van der Waals surface area contributed by atoms with Gasteiger partial charge in [-0.15, -0.1) is 0 Å². The Morgan fingerprint density at radius 2 is 2.25 bits per heavy atom. The maximum atomic E-state index is 11.0. The van der Waals surface area contributed by atoms with E-state index in [-0.39, 0.29) is 5.78 Å². The lowest BCUT2D eigenvalue weighted by Crippen LogP contribution is -2.48. The van der Waals surface area contributed by atoms with Crippen molar-refractivity contribution < 1.29 is 4.79 Å². The van der Waals surface area contributed by atoms with Crippen LogP contribution in [0.25, 0.3) is 0 Å². The maximum absolute atomic E-state index is 11.0. The van der Waals surface area contributed by atoms with Crippen LogP contribution in [0.15, 0.2) is 11.6 Å². The van der Waals surface area contributed by atoms with E-state index < -0.39 is 0 Å². The van der Waals surface area contributed by atoms with E-state index >= 15 is 0 Å². The van der Waals surface area contributed by atoms with Gasteiger partial charge in [-0.05, 0) is 18.1 Å². The average molecular weight is 166 g/mol. The fraction of sp³-hybridized carbons (Fsp3) is 0.667. The molecule has 3 nitrogen and oxygen atoms in total. The Kier molecular flexibility index (Phi) is 2.23. The van der Waals surface area contributed by atoms with E-state index in [9.17, 15) is 4.79 Å². The molecule has 1 unspecified atom stereocenters. The van der Waals surface area contributed by atoms with Crippen molar-refractivity contribution in [1.29, 1.82) is 0 Å². The van der Waals surface area contributed by atoms with E-state index in [4.69, 9.17) is 0 Å². The number of carbonyl (C=O) groups excluding carboxylic acids is 1. The van der Waals surface area contributed by atoms with E-state index in [0.717, 1.165) is 26.1 Å². The largest absolute Gasteiger partial charge is 0.314 e. The highest BCUT2D eigenvalue weighted by atomic mass is 16.1. The zero-order chi connectivity index (χ0) is 8.39. The molecule has 0 radical (unpaired) electrons. The van der Waals surface area contributed by atoms with Gasteiger partial charge in [-0.25, -0.2) is 0 Å². The van der Waals surface area contributed by atoms with Crippen LogP contribution in [-0.2, 0) is 4.79 Å². The molecule has 1 fully saturated rings. The summed E-state index contributed by atoms with van der Waals surface area (Å²) in [5, 5.41) is 6.71. The van der Waals surface area contributed by atoms with Crippen molar-refractivity contribution in [2.45, 2.75) is 18.9 Å². The monoisotopic (exact) mass is 166 g/mol. The molecule has 2 aliphatic rings. The zero-order valence-corrected chi connectivity index (χ0v) is 7.10. The number of piperazine rings is 1. The highest BCUT2D eigenvalue weighted by Gasteiger charge is 2.21. The standard InChI is InChI=1S/C9H14N2O/c12-8-2-1-7(5-8)9-6-10-3-4-11-9/h5,9-11H,1-4,6H2. The SMILES string of the molecule is O=C1C=C(C2CNCCN2)CC1. The zero-order valence-electron chi connectivity index (χ0n) is 7.10. The Morgan fingerprint density at radius 1 is 1.33 bits per heavy atom. The molecule has 0 aromatic heterocycles. The van der Waals surface area contributed by atoms with Crippen molar-refractivity contribution in [3.63, 3.8) is 0 Å². The summed E-state index contributed by atoms with van der Waals surface area (Å²) in [5.74, 6) is 0.289. The molecule has 1 saturated heterocycles. The van der Waals surface area contributed by atoms with Gasteiger partial charge in [0.15, 0.2) is 5.78 Å². The maximum Gasteiger partial charge on any atom is 0.156 e. The molecule has 12 heavy (non-hydrogen) atoms. The van der Waals surface area contributed by atoms with Gasteiger partial charge in [0.1, 0.15) is 0 Å². The molecule has 2 rings (SSSR count). The van der Waals surface area contributed by atoms with Gasteiger partial charge in [0.05, 0.1) is 0 Å². The van der Waals surface area contributed by atoms with Crippen LogP contribution in [0, 0.1) is 0 Å². The van der Waals surface area contributed by atoms with Crippen LogP contribution in [0.1, 0.15) is 12.8 Å². The second kappa shape index (κ2) is 3.37. The van der Waals surface area contributed by atoms with Crippen molar-refractivity contribution in [2.75, 3.05) is 19.6 Å². The van der Waals surface area contributed by atoms with Gasteiger partial charge in [-0.2, -0.15) is 0 Å². The minimum atomic E-state index is 0.289. The van der Waals surface area contributed by atoms with Crippen LogP contribution in [0.5, 0.6) is 0 Å². The van der Waals surface area contributed by atoms with Crippen LogP contribution in [0.2, 0.25) is 0 Å². The number of carbonyl (C=O) groups is 1. The van der Waals surface area contributed by atoms with Gasteiger partial charge < -0.3 is 10.6 Å². The van der Waals surface area contributed by atoms with Crippen LogP contribution >= 0.6 is 0 Å². The minimum Gasteiger partial charge on any atom is -0.314 e. The van der Waals surface area contributed by atoms with Crippen molar-refractivity contribution in [3.8, 4) is 0 Å². The smallest absolute Gasteiger partial charge is 0.156 e. The summed E-state index contributed by atoms with van der Waals surface area (Å²) in [6.45, 7) is 3.02. The van der Waals surface area contributed by atoms with Crippen LogP contribution in [-0.4, -0.2) is 31.5 Å². The van der Waals surface area contributed by atoms with E-state index in [1.807, 2.05) is 6.08 Å². The van der Waals surface area contributed by atoms with Crippen molar-refractivity contribution in [3.05, 3.63) is 11.6 Å². The molecule has 0 bridgehead atoms. The van der Waals surface area contributed by atoms with E-state index in [2.05, 4.69) is 10.6 Å². The molecule has 1 heterocycles. The molecule has 0 aromatic rings. The molecular weight excluding hydrogens is 152 g/mol. The average Bonchev–Trinajstić information content (AvgIpc) is 2.54. The molecule has 0 amide bonds. The Morgan fingerprint density at radius 3 is 2.83 bits per heavy atom. The highest BCUT2D eigenvalue weighted by molar-refractivity contribution is 5.93. The first kappa shape index (κ1) is 7.95. The van der Waals surface area contributed by atoms with Crippen molar-refractivity contribution in [2.24, 2.45) is 0 Å². The van der Waals surface area contributed by atoms with Gasteiger partial charge in [-0.3, -0.25) is 4.79 Å². The molecule has 0 aromatic carbocycles. The van der Waals surface area contributed by atoms with Crippen LogP contribution in [0.3, 0.4) is 0 Å². The fourth-order valence-corrected chi connectivity index (χ4v) is 1.81. The molecule has 1 aliphatic carbocycles. The normalized spacial score (nSPS) is 30.5. The summed E-state index contributed by atoms with van der Waals surface area (Å²) >= 11 is 0. The van der Waals surface area contributed by atoms with Crippen molar-refractivity contribution in [1.82, 2.24) is 10.6 Å². The first-order valence-corrected chi connectivity index (χ1v) is 4.53. The molecule has 0 saturated carbocycles. The topological polar surface area (TPSA) is 41.1 Å². The molecule has 66 valence electrons. The Hall–Kier alpha value is -0.670. The number of ketones is 1. The van der Waals surface area contributed by atoms with Gasteiger partial charge >= 0.3 is 0 Å². The van der Waals surface area contributed by atoms with E-state index in [1.54, 1.807) is 0 Å². The minimum absolute atomic E-state index is 0.289. The summed E-state index contributed by atoms with van der Waals surface area (Å²) in [5.41, 5.74) is 1.28. The predicted octanol–water partition coefficient (Wildman–Crippen LogP) is -0.163. The second-order valence-electron chi connectivity index (χ2n) is 3.40. The van der Waals surface area contributed by atoms with E-state index in [1.165, 1.54) is 5.57 Å². The summed E-state index contributed by atoms with van der Waals surface area (Å²) < 4.78 is 0. The van der Waals surface area contributed by atoms with Gasteiger partial charge in [-0.1, -0.05) is 0 Å². The lowest BCUT2D eigenvalue weighted by Gasteiger charge is -2.25. The third kappa shape index (κ3) is 1.57. The quantitative estimate of drug-likeness (QED) is 0.568. The van der Waals surface area contributed by atoms with Gasteiger partial charge in [0, 0.05) is 32.1 Å². The van der Waals surface area contributed by atoms with Gasteiger partial charge in [0.2, 0.25) is 0 Å². The van der Waals surface area contributed by atoms with Crippen molar-refractivity contribution >= 4 is 5.78 Å². The predicted molar refractivity (Wildman–Crippen MR) is 47.0 cm³/mol.